The van der Waals surface area contributed by atoms with Gasteiger partial charge in [-0.05, 0) is 116 Å². The van der Waals surface area contributed by atoms with Crippen molar-refractivity contribution in [2.75, 3.05) is 9.80 Å². The van der Waals surface area contributed by atoms with Crippen molar-refractivity contribution in [1.29, 1.82) is 0 Å². The first-order chi connectivity index (χ1) is 32.5. The van der Waals surface area contributed by atoms with Gasteiger partial charge in [-0.1, -0.05) is 169 Å². The van der Waals surface area contributed by atoms with Crippen LogP contribution in [0.1, 0.15) is 52.7 Å². The largest absolute Gasteiger partial charge is 0.455 e. The highest BCUT2D eigenvalue weighted by atomic mass is 32.1. The quantitative estimate of drug-likeness (QED) is 0.164. The molecule has 0 atom stereocenters. The molecule has 13 rings (SSSR count). The molecule has 2 aliphatic rings. The number of thiophene rings is 1. The lowest BCUT2D eigenvalue weighted by molar-refractivity contribution is 0.590. The third kappa shape index (κ3) is 6.17. The summed E-state index contributed by atoms with van der Waals surface area (Å²) in [6.07, 6.45) is 0. The maximum Gasteiger partial charge on any atom is 0.252 e. The summed E-state index contributed by atoms with van der Waals surface area (Å²) >= 11 is 1.89. The summed E-state index contributed by atoms with van der Waals surface area (Å²) in [7, 11) is 0. The molecule has 9 aromatic carbocycles. The SMILES string of the molecule is CC(C)(C)c1ccc2c(c1)B1c3cc(C(C)(C)C)ccc3N(c3ccc(-c4cccc5c4sc4ccccc45)cc3)c3cccc(c31)N2c1ccc(-c2cccc3c2oc2ccccc23)cc1. The Labute approximate surface area is 396 Å². The van der Waals surface area contributed by atoms with Gasteiger partial charge in [0.2, 0.25) is 0 Å². The van der Waals surface area contributed by atoms with Crippen molar-refractivity contribution < 1.29 is 4.42 Å². The number of nitrogens with zero attached hydrogens (tertiary/aromatic N) is 2. The molecule has 5 heteroatoms. The van der Waals surface area contributed by atoms with E-state index in [-0.39, 0.29) is 17.5 Å². The summed E-state index contributed by atoms with van der Waals surface area (Å²) in [5.74, 6) is 0. The molecule has 11 aromatic rings. The topological polar surface area (TPSA) is 19.6 Å². The molecule has 4 heterocycles. The zero-order valence-electron chi connectivity index (χ0n) is 38.7. The summed E-state index contributed by atoms with van der Waals surface area (Å²) < 4.78 is 9.17. The van der Waals surface area contributed by atoms with E-state index in [0.717, 1.165) is 44.4 Å². The van der Waals surface area contributed by atoms with Crippen molar-refractivity contribution in [3.05, 3.63) is 199 Å². The Kier molecular flexibility index (Phi) is 8.70. The Morgan fingerprint density at radius 1 is 0.433 bits per heavy atom. The Bertz CT molecular complexity index is 3550. The Hall–Kier alpha value is -7.34. The van der Waals surface area contributed by atoms with Gasteiger partial charge in [-0.3, -0.25) is 0 Å². The molecular formula is C62H49BN2OS. The third-order valence-corrected chi connectivity index (χ3v) is 15.6. The van der Waals surface area contributed by atoms with E-state index in [0.29, 0.717) is 0 Å². The highest BCUT2D eigenvalue weighted by Gasteiger charge is 2.44. The Balaban J connectivity index is 0.991. The molecule has 0 N–H and O–H groups in total. The number of hydrogen-bond acceptors (Lipinski definition) is 4. The molecule has 0 saturated heterocycles. The molecule has 0 fully saturated rings. The second-order valence-electron chi connectivity index (χ2n) is 20.5. The number of anilines is 6. The van der Waals surface area contributed by atoms with E-state index < -0.39 is 0 Å². The van der Waals surface area contributed by atoms with Crippen LogP contribution in [0.25, 0.3) is 64.4 Å². The predicted molar refractivity (Wildman–Crippen MR) is 289 cm³/mol. The number of furan rings is 1. The number of fused-ring (bicyclic) bond motifs is 10. The smallest absolute Gasteiger partial charge is 0.252 e. The maximum absolute atomic E-state index is 6.51. The van der Waals surface area contributed by atoms with Crippen LogP contribution in [0.4, 0.5) is 34.1 Å². The molecule has 0 bridgehead atoms. The average molecular weight is 881 g/mol. The molecule has 2 aromatic heterocycles. The van der Waals surface area contributed by atoms with Crippen molar-refractivity contribution in [2.45, 2.75) is 52.4 Å². The van der Waals surface area contributed by atoms with E-state index in [1.807, 2.05) is 17.4 Å². The summed E-state index contributed by atoms with van der Waals surface area (Å²) in [5, 5.41) is 4.93. The fraction of sp³-hybridized carbons (Fsp3) is 0.129. The first kappa shape index (κ1) is 40.0. The monoisotopic (exact) mass is 880 g/mol. The fourth-order valence-electron chi connectivity index (χ4n) is 11.0. The second-order valence-corrected chi connectivity index (χ2v) is 21.6. The van der Waals surface area contributed by atoms with Crippen LogP contribution in [-0.2, 0) is 10.8 Å². The van der Waals surface area contributed by atoms with Gasteiger partial charge in [0.1, 0.15) is 11.2 Å². The maximum atomic E-state index is 6.51. The molecule has 0 aliphatic carbocycles. The summed E-state index contributed by atoms with van der Waals surface area (Å²) in [4.78, 5) is 5.03. The van der Waals surface area contributed by atoms with Crippen LogP contribution in [0.15, 0.2) is 192 Å². The van der Waals surface area contributed by atoms with Crippen LogP contribution >= 0.6 is 11.3 Å². The van der Waals surface area contributed by atoms with Crippen molar-refractivity contribution in [2.24, 2.45) is 0 Å². The highest BCUT2D eigenvalue weighted by molar-refractivity contribution is 7.26. The molecule has 67 heavy (non-hydrogen) atoms. The van der Waals surface area contributed by atoms with Crippen LogP contribution in [0.3, 0.4) is 0 Å². The minimum Gasteiger partial charge on any atom is -0.455 e. The standard InChI is InChI=1S/C62H49BN2OS/c1-61(2,3)40-28-34-52-50(36-40)63-51-37-41(62(4,5)6)29-35-53(51)65(43-32-26-39(27-33-43)45-17-12-19-49-47-15-8-10-23-57(47)67-60(45)49)55-21-13-20-54(58(55)63)64(52)42-30-24-38(25-31-42)44-16-11-18-48-46-14-7-9-22-56(46)66-59(44)48/h7-37H,1-6H3. The van der Waals surface area contributed by atoms with Gasteiger partial charge in [0.25, 0.3) is 6.71 Å². The van der Waals surface area contributed by atoms with Gasteiger partial charge in [0.15, 0.2) is 0 Å². The number of para-hydroxylation sites is 2. The summed E-state index contributed by atoms with van der Waals surface area (Å²) in [5.41, 5.74) is 20.3. The van der Waals surface area contributed by atoms with Crippen LogP contribution in [0, 0.1) is 0 Å². The Morgan fingerprint density at radius 2 is 0.940 bits per heavy atom. The lowest BCUT2D eigenvalue weighted by atomic mass is 9.33. The highest BCUT2D eigenvalue weighted by Crippen LogP contribution is 2.47. The van der Waals surface area contributed by atoms with E-state index in [2.05, 4.69) is 233 Å². The lowest BCUT2D eigenvalue weighted by Crippen LogP contribution is -2.61. The lowest BCUT2D eigenvalue weighted by Gasteiger charge is -2.44. The average Bonchev–Trinajstić information content (AvgIpc) is 3.92. The van der Waals surface area contributed by atoms with E-state index in [4.69, 9.17) is 4.42 Å². The minimum atomic E-state index is -0.0301. The fourth-order valence-corrected chi connectivity index (χ4v) is 12.2. The molecule has 0 unspecified atom stereocenters. The van der Waals surface area contributed by atoms with E-state index >= 15 is 0 Å². The van der Waals surface area contributed by atoms with Crippen molar-refractivity contribution >= 4 is 111 Å². The molecule has 322 valence electrons. The van der Waals surface area contributed by atoms with E-state index in [1.165, 1.54) is 81.6 Å². The van der Waals surface area contributed by atoms with Gasteiger partial charge in [-0.2, -0.15) is 0 Å². The van der Waals surface area contributed by atoms with Gasteiger partial charge < -0.3 is 14.2 Å². The van der Waals surface area contributed by atoms with Crippen LogP contribution in [0.5, 0.6) is 0 Å². The molecule has 0 saturated carbocycles. The minimum absolute atomic E-state index is 0.0276. The summed E-state index contributed by atoms with van der Waals surface area (Å²) in [6, 6.07) is 70.2. The molecule has 3 nitrogen and oxygen atoms in total. The first-order valence-electron chi connectivity index (χ1n) is 23.5. The van der Waals surface area contributed by atoms with Crippen LogP contribution in [0.2, 0.25) is 0 Å². The van der Waals surface area contributed by atoms with Crippen LogP contribution < -0.4 is 26.2 Å². The molecule has 0 radical (unpaired) electrons. The van der Waals surface area contributed by atoms with Gasteiger partial charge in [-0.25, -0.2) is 0 Å². The van der Waals surface area contributed by atoms with E-state index in [1.54, 1.807) is 0 Å². The molecular weight excluding hydrogens is 832 g/mol. The second kappa shape index (κ2) is 14.6. The van der Waals surface area contributed by atoms with Crippen molar-refractivity contribution in [3.63, 3.8) is 0 Å². The third-order valence-electron chi connectivity index (χ3n) is 14.4. The van der Waals surface area contributed by atoms with Gasteiger partial charge in [0.05, 0.1) is 0 Å². The Morgan fingerprint density at radius 3 is 1.55 bits per heavy atom. The molecule has 0 amide bonds. The summed E-state index contributed by atoms with van der Waals surface area (Å²) in [6.45, 7) is 14.0. The number of hydrogen-bond donors (Lipinski definition) is 0. The predicted octanol–water partition coefficient (Wildman–Crippen LogP) is 16.0. The van der Waals surface area contributed by atoms with Gasteiger partial charge in [-0.15, -0.1) is 11.3 Å². The number of rotatable bonds is 4. The van der Waals surface area contributed by atoms with Crippen molar-refractivity contribution in [3.8, 4) is 22.3 Å². The van der Waals surface area contributed by atoms with Crippen LogP contribution in [-0.4, -0.2) is 6.71 Å². The van der Waals surface area contributed by atoms with Gasteiger partial charge in [0, 0.05) is 70.6 Å². The first-order valence-corrected chi connectivity index (χ1v) is 24.3. The normalized spacial score (nSPS) is 13.4. The van der Waals surface area contributed by atoms with E-state index in [9.17, 15) is 0 Å². The zero-order chi connectivity index (χ0) is 45.3. The molecule has 0 spiro atoms. The van der Waals surface area contributed by atoms with Crippen molar-refractivity contribution in [1.82, 2.24) is 0 Å². The van der Waals surface area contributed by atoms with Gasteiger partial charge >= 0.3 is 0 Å². The number of benzene rings is 9. The zero-order valence-corrected chi connectivity index (χ0v) is 39.5. The molecule has 2 aliphatic heterocycles.